The van der Waals surface area contributed by atoms with Crippen molar-refractivity contribution in [3.8, 4) is 0 Å². The van der Waals surface area contributed by atoms with Crippen LogP contribution in [0.1, 0.15) is 212 Å². The van der Waals surface area contributed by atoms with Crippen LogP contribution in [0.25, 0.3) is 0 Å². The van der Waals surface area contributed by atoms with Crippen LogP contribution in [-0.4, -0.2) is 28.7 Å². The third-order valence-corrected chi connectivity index (χ3v) is 9.39. The van der Waals surface area contributed by atoms with Gasteiger partial charge in [0.15, 0.2) is 0 Å². The number of halogens is 1. The zero-order valence-corrected chi connectivity index (χ0v) is 31.4. The van der Waals surface area contributed by atoms with Crippen LogP contribution in [0.5, 0.6) is 0 Å². The molecule has 0 aromatic heterocycles. The Hall–Kier alpha value is -1.33. The lowest BCUT2D eigenvalue weighted by molar-refractivity contribution is -0.138. The van der Waals surface area contributed by atoms with Gasteiger partial charge in [0.1, 0.15) is 0 Å². The Bertz CT molecular complexity index is 712. The Labute approximate surface area is 297 Å². The van der Waals surface area contributed by atoms with Gasteiger partial charge in [0.05, 0.1) is 0 Å². The molecule has 0 heterocycles. The maximum Gasteiger partial charge on any atom is 0.303 e. The van der Waals surface area contributed by atoms with Crippen LogP contribution in [0.2, 0.25) is 0 Å². The van der Waals surface area contributed by atoms with Crippen LogP contribution < -0.4 is 5.73 Å². The highest BCUT2D eigenvalue weighted by Gasteiger charge is 2.08. The molecule has 0 radical (unpaired) electrons. The van der Waals surface area contributed by atoms with Gasteiger partial charge in [-0.1, -0.05) is 146 Å². The predicted octanol–water partition coefficient (Wildman–Crippen LogP) is 13.1. The molecule has 0 rings (SSSR count). The first-order chi connectivity index (χ1) is 22.6. The number of unbranched alkanes of at least 4 members (excludes halogenated alkanes) is 23. The van der Waals surface area contributed by atoms with Gasteiger partial charge in [0.2, 0.25) is 0 Å². The largest absolute Gasteiger partial charge is 0.481 e. The summed E-state index contributed by atoms with van der Waals surface area (Å²) in [4.78, 5) is 21.0. The molecule has 47 heavy (non-hydrogen) atoms. The molecule has 0 saturated carbocycles. The molecule has 0 aromatic rings. The second kappa shape index (κ2) is 40.8. The Morgan fingerprint density at radius 1 is 0.404 bits per heavy atom. The summed E-state index contributed by atoms with van der Waals surface area (Å²) in [5, 5.41) is 17.3. The van der Waals surface area contributed by atoms with E-state index in [1.165, 1.54) is 173 Å². The molecule has 0 aliphatic heterocycles. The number of aliphatic carboxylic acids is 2. The third kappa shape index (κ3) is 42.6. The van der Waals surface area contributed by atoms with Gasteiger partial charge in [-0.3, -0.25) is 9.59 Å². The van der Waals surface area contributed by atoms with Crippen molar-refractivity contribution in [1.29, 1.82) is 0 Å². The van der Waals surface area contributed by atoms with E-state index < -0.39 is 11.9 Å². The topological polar surface area (TPSA) is 101 Å². The fourth-order valence-corrected chi connectivity index (χ4v) is 6.43. The molecule has 4 N–H and O–H groups in total. The Kier molecular flexibility index (Phi) is 41.5. The quantitative estimate of drug-likeness (QED) is 0.0444. The first-order valence-electron chi connectivity index (χ1n) is 20.0. The molecule has 0 bridgehead atoms. The number of nitrogens with two attached hydrogens (primary N) is 1. The van der Waals surface area contributed by atoms with E-state index in [0.717, 1.165) is 38.1 Å². The van der Waals surface area contributed by atoms with Crippen molar-refractivity contribution in [2.24, 2.45) is 11.7 Å². The summed E-state index contributed by atoms with van der Waals surface area (Å²) in [5.41, 5.74) is 5.84. The van der Waals surface area contributed by atoms with Crippen LogP contribution in [0.15, 0.2) is 24.3 Å². The van der Waals surface area contributed by atoms with Crippen molar-refractivity contribution in [2.75, 3.05) is 6.54 Å². The van der Waals surface area contributed by atoms with E-state index in [9.17, 15) is 9.59 Å². The first-order valence-corrected chi connectivity index (χ1v) is 20.0. The molecule has 0 aliphatic carbocycles. The molecule has 0 aliphatic rings. The van der Waals surface area contributed by atoms with E-state index in [1.54, 1.807) is 0 Å². The molecule has 278 valence electrons. The van der Waals surface area contributed by atoms with Crippen LogP contribution in [0.3, 0.4) is 0 Å². The molecule has 0 spiro atoms. The normalized spacial score (nSPS) is 12.2. The van der Waals surface area contributed by atoms with Gasteiger partial charge in [0.25, 0.3) is 0 Å². The zero-order chi connectivity index (χ0) is 33.6. The lowest BCUT2D eigenvalue weighted by Crippen LogP contribution is -2.06. The van der Waals surface area contributed by atoms with Crippen LogP contribution >= 0.6 is 12.4 Å². The maximum absolute atomic E-state index is 10.5. The molecule has 0 aromatic carbocycles. The molecular weight excluding hydrogens is 606 g/mol. The average molecular weight is 685 g/mol. The summed E-state index contributed by atoms with van der Waals surface area (Å²) in [6, 6.07) is 0. The van der Waals surface area contributed by atoms with Crippen molar-refractivity contribution in [2.45, 2.75) is 212 Å². The lowest BCUT2D eigenvalue weighted by Gasteiger charge is -2.16. The molecule has 0 amide bonds. The number of carboxylic acids is 2. The van der Waals surface area contributed by atoms with Crippen molar-refractivity contribution >= 4 is 24.3 Å². The van der Waals surface area contributed by atoms with Gasteiger partial charge in [0, 0.05) is 12.8 Å². The monoisotopic (exact) mass is 684 g/mol. The summed E-state index contributed by atoms with van der Waals surface area (Å²) in [7, 11) is 0. The van der Waals surface area contributed by atoms with Gasteiger partial charge < -0.3 is 15.9 Å². The van der Waals surface area contributed by atoms with Crippen LogP contribution in [-0.2, 0) is 9.59 Å². The summed E-state index contributed by atoms with van der Waals surface area (Å²) < 4.78 is 0. The van der Waals surface area contributed by atoms with E-state index in [-0.39, 0.29) is 12.4 Å². The van der Waals surface area contributed by atoms with Gasteiger partial charge >= 0.3 is 11.9 Å². The van der Waals surface area contributed by atoms with Gasteiger partial charge in [-0.2, -0.15) is 0 Å². The summed E-state index contributed by atoms with van der Waals surface area (Å²) >= 11 is 0. The number of allylic oxidation sites excluding steroid dienone is 4. The summed E-state index contributed by atoms with van der Waals surface area (Å²) in [6.45, 7) is 0.838. The molecule has 5 nitrogen and oxygen atoms in total. The standard InChI is InChI=1S/C41H77NO4.ClH/c42-38-32-35-39(34-29-25-21-17-13-9-5-3-7-11-15-19-23-27-31-37-41(45)46)33-28-24-20-16-12-8-4-1-2-6-10-14-18-22-26-30-36-40(43)44;/h2-3,6-7,39H,1,4-5,8-38,42H2,(H,43,44)(H,45,46);1H/b6-2-,7-3-;/t39-;/m1./s1. The van der Waals surface area contributed by atoms with E-state index in [2.05, 4.69) is 24.3 Å². The Morgan fingerprint density at radius 3 is 0.957 bits per heavy atom. The maximum atomic E-state index is 10.5. The highest BCUT2D eigenvalue weighted by molar-refractivity contribution is 5.85. The molecule has 0 fully saturated rings. The molecule has 0 unspecified atom stereocenters. The average Bonchev–Trinajstić information content (AvgIpc) is 3.03. The third-order valence-electron chi connectivity index (χ3n) is 9.39. The second-order valence-corrected chi connectivity index (χ2v) is 13.9. The van der Waals surface area contributed by atoms with Gasteiger partial charge in [-0.05, 0) is 89.5 Å². The summed E-state index contributed by atoms with van der Waals surface area (Å²) in [6.07, 6.45) is 49.1. The fourth-order valence-electron chi connectivity index (χ4n) is 6.43. The lowest BCUT2D eigenvalue weighted by atomic mass is 9.90. The van der Waals surface area contributed by atoms with Crippen LogP contribution in [0.4, 0.5) is 0 Å². The summed E-state index contributed by atoms with van der Waals surface area (Å²) in [5.74, 6) is -0.446. The van der Waals surface area contributed by atoms with Crippen molar-refractivity contribution in [3.63, 3.8) is 0 Å². The minimum Gasteiger partial charge on any atom is -0.481 e. The number of hydrogen-bond acceptors (Lipinski definition) is 3. The van der Waals surface area contributed by atoms with Crippen LogP contribution in [0, 0.1) is 5.92 Å². The van der Waals surface area contributed by atoms with Crippen molar-refractivity contribution in [1.82, 2.24) is 0 Å². The van der Waals surface area contributed by atoms with E-state index in [1.807, 2.05) is 0 Å². The van der Waals surface area contributed by atoms with E-state index in [4.69, 9.17) is 15.9 Å². The minimum absolute atomic E-state index is 0. The SMILES string of the molecule is Cl.NCCC[C@@H](CCCCCCCC/C=C\CCCCCCCC(=O)O)CCCCCCCCC/C=C\CCCCCCCC(=O)O. The highest BCUT2D eigenvalue weighted by Crippen LogP contribution is 2.23. The van der Waals surface area contributed by atoms with E-state index in [0.29, 0.717) is 12.8 Å². The predicted molar refractivity (Wildman–Crippen MR) is 206 cm³/mol. The number of carbonyl (C=O) groups is 2. The first kappa shape index (κ1) is 47.8. The number of hydrogen-bond donors (Lipinski definition) is 3. The zero-order valence-electron chi connectivity index (χ0n) is 30.6. The Morgan fingerprint density at radius 2 is 0.660 bits per heavy atom. The highest BCUT2D eigenvalue weighted by atomic mass is 35.5. The minimum atomic E-state index is -0.668. The fraction of sp³-hybridized carbons (Fsp3) is 0.854. The van der Waals surface area contributed by atoms with Gasteiger partial charge in [-0.15, -0.1) is 12.4 Å². The molecule has 6 heteroatoms. The number of rotatable bonds is 38. The van der Waals surface area contributed by atoms with Gasteiger partial charge in [-0.25, -0.2) is 0 Å². The smallest absolute Gasteiger partial charge is 0.303 e. The second-order valence-electron chi connectivity index (χ2n) is 13.9. The molecule has 1 atom stereocenters. The van der Waals surface area contributed by atoms with E-state index >= 15 is 0 Å². The molecule has 0 saturated heterocycles. The molecular formula is C41H78ClNO4. The number of carboxylic acid groups (broad SMARTS) is 2. The Balaban J connectivity index is 0. The van der Waals surface area contributed by atoms with Crippen molar-refractivity contribution < 1.29 is 19.8 Å². The van der Waals surface area contributed by atoms with Crippen molar-refractivity contribution in [3.05, 3.63) is 24.3 Å².